The Labute approximate surface area is 260 Å². The number of hydrogen-bond donors (Lipinski definition) is 3. The first-order chi connectivity index (χ1) is 21.8. The van der Waals surface area contributed by atoms with Crippen molar-refractivity contribution < 1.29 is 28.8 Å². The van der Waals surface area contributed by atoms with Gasteiger partial charge in [0.1, 0.15) is 6.04 Å². The molecule has 230 valence electrons. The lowest BCUT2D eigenvalue weighted by Gasteiger charge is -2.27. The highest BCUT2D eigenvalue weighted by atomic mass is 16.2. The summed E-state index contributed by atoms with van der Waals surface area (Å²) in [5, 5.41) is 8.07. The maximum absolute atomic E-state index is 13.0. The van der Waals surface area contributed by atoms with E-state index < -0.39 is 29.7 Å². The van der Waals surface area contributed by atoms with E-state index >= 15 is 0 Å². The Morgan fingerprint density at radius 2 is 1.36 bits per heavy atom. The second-order valence-corrected chi connectivity index (χ2v) is 11.7. The van der Waals surface area contributed by atoms with Gasteiger partial charge in [-0.25, -0.2) is 0 Å². The average Bonchev–Trinajstić information content (AvgIpc) is 3.48. The third-order valence-corrected chi connectivity index (χ3v) is 8.77. The van der Waals surface area contributed by atoms with Gasteiger partial charge in [-0.2, -0.15) is 0 Å². The first-order valence-electron chi connectivity index (χ1n) is 15.4. The van der Waals surface area contributed by atoms with E-state index in [0.29, 0.717) is 19.5 Å². The largest absolute Gasteiger partial charge is 0.356 e. The van der Waals surface area contributed by atoms with Crippen molar-refractivity contribution in [3.63, 3.8) is 0 Å². The summed E-state index contributed by atoms with van der Waals surface area (Å²) >= 11 is 0. The van der Waals surface area contributed by atoms with E-state index in [0.717, 1.165) is 30.6 Å². The van der Waals surface area contributed by atoms with Crippen molar-refractivity contribution in [3.05, 3.63) is 94.5 Å². The van der Waals surface area contributed by atoms with Crippen LogP contribution in [0.15, 0.2) is 66.7 Å². The number of piperidine rings is 1. The highest BCUT2D eigenvalue weighted by Crippen LogP contribution is 2.46. The Hall–Kier alpha value is -5.12. The van der Waals surface area contributed by atoms with Gasteiger partial charge < -0.3 is 10.6 Å². The summed E-state index contributed by atoms with van der Waals surface area (Å²) in [5.41, 5.74) is 5.25. The summed E-state index contributed by atoms with van der Waals surface area (Å²) < 4.78 is 0. The Kier molecular flexibility index (Phi) is 8.55. The Bertz CT molecular complexity index is 1670. The molecule has 10 heteroatoms. The summed E-state index contributed by atoms with van der Waals surface area (Å²) in [6.45, 7) is 1.04. The first kappa shape index (κ1) is 29.9. The molecule has 3 aromatic carbocycles. The van der Waals surface area contributed by atoms with Gasteiger partial charge in [-0.1, -0.05) is 61.4 Å². The van der Waals surface area contributed by atoms with Crippen LogP contribution in [0.2, 0.25) is 0 Å². The Balaban J connectivity index is 0.905. The predicted molar refractivity (Wildman–Crippen MR) is 165 cm³/mol. The van der Waals surface area contributed by atoms with Gasteiger partial charge in [0, 0.05) is 37.4 Å². The van der Waals surface area contributed by atoms with Crippen LogP contribution in [0.3, 0.4) is 0 Å². The molecule has 3 aromatic rings. The molecule has 3 aliphatic rings. The minimum atomic E-state index is -1.05. The number of benzene rings is 3. The van der Waals surface area contributed by atoms with Crippen LogP contribution in [-0.4, -0.2) is 59.5 Å². The topological polar surface area (TPSA) is 142 Å². The van der Waals surface area contributed by atoms with E-state index in [9.17, 15) is 28.8 Å². The van der Waals surface area contributed by atoms with Crippen molar-refractivity contribution in [1.82, 2.24) is 20.9 Å². The molecule has 10 nitrogen and oxygen atoms in total. The normalized spacial score (nSPS) is 17.1. The first-order valence-corrected chi connectivity index (χ1v) is 15.4. The van der Waals surface area contributed by atoms with Crippen LogP contribution in [0, 0.1) is 0 Å². The van der Waals surface area contributed by atoms with Crippen LogP contribution in [0.1, 0.15) is 93.1 Å². The predicted octanol–water partition coefficient (Wildman–Crippen LogP) is 3.70. The molecule has 0 bridgehead atoms. The lowest BCUT2D eigenvalue weighted by Crippen LogP contribution is -2.54. The van der Waals surface area contributed by atoms with Gasteiger partial charge in [0.25, 0.3) is 17.7 Å². The van der Waals surface area contributed by atoms with Crippen molar-refractivity contribution in [2.75, 3.05) is 13.1 Å². The van der Waals surface area contributed by atoms with Gasteiger partial charge in [-0.3, -0.25) is 39.0 Å². The zero-order chi connectivity index (χ0) is 31.5. The molecule has 1 atom stereocenters. The van der Waals surface area contributed by atoms with Crippen LogP contribution >= 0.6 is 0 Å². The van der Waals surface area contributed by atoms with Crippen molar-refractivity contribution >= 4 is 35.4 Å². The lowest BCUT2D eigenvalue weighted by molar-refractivity contribution is -0.136. The third kappa shape index (κ3) is 6.00. The molecule has 6 rings (SSSR count). The molecule has 0 saturated carbocycles. The second kappa shape index (κ2) is 12.9. The molecular formula is C35H34N4O6. The van der Waals surface area contributed by atoms with E-state index in [1.54, 1.807) is 0 Å². The number of amides is 6. The molecule has 3 N–H and O–H groups in total. The summed E-state index contributed by atoms with van der Waals surface area (Å²) in [5.74, 6) is -2.64. The van der Waals surface area contributed by atoms with Crippen LogP contribution in [0.4, 0.5) is 0 Å². The molecule has 45 heavy (non-hydrogen) atoms. The zero-order valence-corrected chi connectivity index (χ0v) is 24.8. The fourth-order valence-corrected chi connectivity index (χ4v) is 6.48. The quantitative estimate of drug-likeness (QED) is 0.225. The number of carbonyl (C=O) groups is 6. The number of unbranched alkanes of at least 4 members (excludes halogenated alkanes) is 3. The molecule has 1 unspecified atom stereocenters. The molecule has 6 amide bonds. The number of fused-ring (bicyclic) bond motifs is 4. The van der Waals surface area contributed by atoms with Crippen molar-refractivity contribution in [1.29, 1.82) is 0 Å². The van der Waals surface area contributed by atoms with Gasteiger partial charge in [0.05, 0.1) is 11.1 Å². The summed E-state index contributed by atoms with van der Waals surface area (Å²) in [6.07, 6.45) is 3.88. The highest BCUT2D eigenvalue weighted by molar-refractivity contribution is 6.24. The smallest absolute Gasteiger partial charge is 0.262 e. The van der Waals surface area contributed by atoms with E-state index in [-0.39, 0.29) is 47.3 Å². The monoisotopic (exact) mass is 606 g/mol. The number of nitrogens with one attached hydrogen (secondary N) is 3. The van der Waals surface area contributed by atoms with E-state index in [1.165, 1.54) is 40.5 Å². The molecular weight excluding hydrogens is 572 g/mol. The van der Waals surface area contributed by atoms with Gasteiger partial charge in [0.2, 0.25) is 17.7 Å². The van der Waals surface area contributed by atoms with Crippen molar-refractivity contribution in [2.24, 2.45) is 0 Å². The number of nitrogens with zero attached hydrogens (tertiary/aromatic N) is 1. The van der Waals surface area contributed by atoms with Crippen molar-refractivity contribution in [3.8, 4) is 11.1 Å². The van der Waals surface area contributed by atoms with Crippen LogP contribution in [0.5, 0.6) is 0 Å². The summed E-state index contributed by atoms with van der Waals surface area (Å²) in [6, 6.07) is 19.8. The highest BCUT2D eigenvalue weighted by Gasteiger charge is 2.44. The summed E-state index contributed by atoms with van der Waals surface area (Å²) in [7, 11) is 0. The summed E-state index contributed by atoms with van der Waals surface area (Å²) in [4.78, 5) is 76.0. The maximum atomic E-state index is 13.0. The third-order valence-electron chi connectivity index (χ3n) is 8.77. The van der Waals surface area contributed by atoms with Gasteiger partial charge in [-0.05, 0) is 59.7 Å². The molecule has 2 aliphatic heterocycles. The van der Waals surface area contributed by atoms with Gasteiger partial charge in [0.15, 0.2) is 0 Å². The fourth-order valence-electron chi connectivity index (χ4n) is 6.48. The molecule has 0 aromatic heterocycles. The molecule has 0 spiro atoms. The zero-order valence-electron chi connectivity index (χ0n) is 24.8. The molecule has 1 fully saturated rings. The maximum Gasteiger partial charge on any atom is 0.262 e. The van der Waals surface area contributed by atoms with E-state index in [1.807, 2.05) is 24.3 Å². The molecule has 2 heterocycles. The van der Waals surface area contributed by atoms with Gasteiger partial charge in [-0.15, -0.1) is 0 Å². The molecule has 0 radical (unpaired) electrons. The number of imide groups is 2. The van der Waals surface area contributed by atoms with Gasteiger partial charge >= 0.3 is 0 Å². The minimum absolute atomic E-state index is 0.0357. The SMILES string of the molecule is O=C(CC1c2ccccc2-c2ccccc21)NCCCCCCNC(=O)c1ccc2c(c1)C(=O)N(C1CCC(=O)NC1=O)C2=O. The van der Waals surface area contributed by atoms with Crippen molar-refractivity contribution in [2.45, 2.75) is 56.9 Å². The minimum Gasteiger partial charge on any atom is -0.356 e. The second-order valence-electron chi connectivity index (χ2n) is 11.7. The number of carbonyl (C=O) groups excluding carboxylic acids is 6. The van der Waals surface area contributed by atoms with Crippen LogP contribution in [-0.2, 0) is 14.4 Å². The molecule has 1 saturated heterocycles. The van der Waals surface area contributed by atoms with Crippen LogP contribution < -0.4 is 16.0 Å². The van der Waals surface area contributed by atoms with Crippen LogP contribution in [0.25, 0.3) is 11.1 Å². The number of rotatable bonds is 11. The lowest BCUT2D eigenvalue weighted by atomic mass is 9.93. The van der Waals surface area contributed by atoms with E-state index in [2.05, 4.69) is 40.2 Å². The molecule has 1 aliphatic carbocycles. The Morgan fingerprint density at radius 1 is 0.733 bits per heavy atom. The Morgan fingerprint density at radius 3 is 2.02 bits per heavy atom. The van der Waals surface area contributed by atoms with E-state index in [4.69, 9.17) is 0 Å². The average molecular weight is 607 g/mol. The standard InChI is InChI=1S/C35H34N4O6/c40-30-16-15-29(33(43)38-30)39-34(44)26-14-13-21(19-28(26)35(39)45)32(42)37-18-8-2-1-7-17-36-31(41)20-27-24-11-5-3-9-22(24)23-10-4-6-12-25(23)27/h3-6,9-14,19,27,29H,1-2,7-8,15-18,20H2,(H,36,41)(H,37,42)(H,38,40,43). The number of hydrogen-bond acceptors (Lipinski definition) is 6. The fraction of sp³-hybridized carbons (Fsp3) is 0.314.